The molecule has 0 aromatic carbocycles. The molecule has 154 valence electrons. The van der Waals surface area contributed by atoms with E-state index >= 15 is 0 Å². The second-order valence-electron chi connectivity index (χ2n) is 7.11. The maximum absolute atomic E-state index is 11.8. The zero-order valence-corrected chi connectivity index (χ0v) is 20.8. The van der Waals surface area contributed by atoms with Gasteiger partial charge in [-0.1, -0.05) is 12.8 Å². The Morgan fingerprint density at radius 2 is 1.81 bits per heavy atom. The van der Waals surface area contributed by atoms with Crippen LogP contribution in [0.1, 0.15) is 59.3 Å². The van der Waals surface area contributed by atoms with Crippen LogP contribution in [0.4, 0.5) is 0 Å². The van der Waals surface area contributed by atoms with Crippen molar-refractivity contribution >= 4 is 33.6 Å². The van der Waals surface area contributed by atoms with Crippen LogP contribution < -0.4 is 34.9 Å². The predicted octanol–water partition coefficient (Wildman–Crippen LogP) is -0.892. The maximum Gasteiger partial charge on any atom is 1.00 e. The van der Waals surface area contributed by atoms with Gasteiger partial charge in [-0.2, -0.15) is 11.8 Å². The Kier molecular flexibility index (Phi) is 16.7. The molecule has 0 aromatic rings. The number of hydrogen-bond acceptors (Lipinski definition) is 7. The van der Waals surface area contributed by atoms with E-state index in [2.05, 4.69) is 5.32 Å². The molecule has 7 nitrogen and oxygen atoms in total. The maximum atomic E-state index is 11.8. The number of hydrogen-bond donors (Lipinski definition) is 1. The van der Waals surface area contributed by atoms with Gasteiger partial charge < -0.3 is 14.6 Å². The molecule has 0 fully saturated rings. The fraction of sp³-hybridized carbons (Fsp3) is 0.882. The first-order valence-electron chi connectivity index (χ1n) is 8.80. The van der Waals surface area contributed by atoms with Gasteiger partial charge in [-0.05, 0) is 39.4 Å². The second-order valence-corrected chi connectivity index (χ2v) is 9.74. The summed E-state index contributed by atoms with van der Waals surface area (Å²) in [6.45, 7) is 4.61. The van der Waals surface area contributed by atoms with Crippen molar-refractivity contribution in [1.82, 2.24) is 5.32 Å². The topological polar surface area (TPSA) is 113 Å². The van der Waals surface area contributed by atoms with E-state index in [1.54, 1.807) is 25.8 Å². The zero-order valence-electron chi connectivity index (χ0n) is 17.2. The van der Waals surface area contributed by atoms with E-state index in [-0.39, 0.29) is 53.8 Å². The summed E-state index contributed by atoms with van der Waals surface area (Å²) in [4.78, 5) is 22.9. The third-order valence-corrected chi connectivity index (χ3v) is 5.80. The van der Waals surface area contributed by atoms with Gasteiger partial charge in [-0.25, -0.2) is 8.42 Å². The fourth-order valence-corrected chi connectivity index (χ4v) is 4.46. The van der Waals surface area contributed by atoms with Crippen molar-refractivity contribution in [1.29, 1.82) is 0 Å². The van der Waals surface area contributed by atoms with Crippen molar-refractivity contribution in [2.45, 2.75) is 70.9 Å². The molecule has 0 spiro atoms. The van der Waals surface area contributed by atoms with Gasteiger partial charge >= 0.3 is 29.6 Å². The predicted molar refractivity (Wildman–Crippen MR) is 103 cm³/mol. The first-order valence-corrected chi connectivity index (χ1v) is 11.5. The van der Waals surface area contributed by atoms with Crippen LogP contribution in [-0.4, -0.2) is 60.7 Å². The Morgan fingerprint density at radius 3 is 2.33 bits per heavy atom. The smallest absolute Gasteiger partial charge is 0.748 e. The minimum absolute atomic E-state index is 0. The van der Waals surface area contributed by atoms with E-state index < -0.39 is 21.4 Å². The number of Topliss-reactive ketones (excluding diaryl/α,β-unsaturated/α-hetero) is 1. The molecule has 0 saturated heterocycles. The van der Waals surface area contributed by atoms with E-state index in [0.717, 1.165) is 31.4 Å². The summed E-state index contributed by atoms with van der Waals surface area (Å²) in [6.07, 6.45) is 4.71. The van der Waals surface area contributed by atoms with Crippen LogP contribution in [0, 0.1) is 0 Å². The molecule has 0 rings (SSSR count). The Bertz CT molecular complexity index is 540. The third kappa shape index (κ3) is 19.4. The molecule has 0 bridgehead atoms. The molecule has 0 saturated carbocycles. The number of ketones is 1. The van der Waals surface area contributed by atoms with E-state index in [0.29, 0.717) is 12.2 Å². The average Bonchev–Trinajstić information content (AvgIpc) is 2.44. The van der Waals surface area contributed by atoms with Gasteiger partial charge in [-0.15, -0.1) is 0 Å². The summed E-state index contributed by atoms with van der Waals surface area (Å²) < 4.78 is 37.7. The Hall–Kier alpha value is 0.360. The van der Waals surface area contributed by atoms with Crippen molar-refractivity contribution in [3.8, 4) is 0 Å². The fourth-order valence-electron chi connectivity index (χ4n) is 2.56. The molecule has 27 heavy (non-hydrogen) atoms. The minimum Gasteiger partial charge on any atom is -0.748 e. The number of nitrogens with one attached hydrogen (secondary N) is 1. The van der Waals surface area contributed by atoms with E-state index in [4.69, 9.17) is 4.74 Å². The third-order valence-electron chi connectivity index (χ3n) is 3.65. The summed E-state index contributed by atoms with van der Waals surface area (Å²) in [5, 5.41) is 2.59. The van der Waals surface area contributed by atoms with Crippen molar-refractivity contribution in [3.05, 3.63) is 0 Å². The molecule has 0 aliphatic rings. The van der Waals surface area contributed by atoms with Gasteiger partial charge in [0.15, 0.2) is 0 Å². The molecule has 0 radical (unpaired) electrons. The van der Waals surface area contributed by atoms with Crippen molar-refractivity contribution in [2.75, 3.05) is 24.4 Å². The average molecular weight is 434 g/mol. The number of unbranched alkanes of at least 4 members (excludes halogenated alkanes) is 2. The van der Waals surface area contributed by atoms with Crippen molar-refractivity contribution < 1.29 is 56.9 Å². The SMILES string of the molecule is COC(CCCCCSCCC(=O)NC(C)(C)CS(=O)(=O)[O-])CC(C)=O.[Na+]. The molecule has 1 amide bonds. The summed E-state index contributed by atoms with van der Waals surface area (Å²) in [5.41, 5.74) is -1.06. The molecule has 0 aliphatic heterocycles. The standard InChI is InChI=1S/C17H33NO6S2.Na/c1-14(19)12-15(24-4)8-6-5-7-10-25-11-9-16(20)18-17(2,3)13-26(21,22)23;/h15H,5-13H2,1-4H3,(H,18,20)(H,21,22,23);/q;+1/p-1. The van der Waals surface area contributed by atoms with Gasteiger partial charge in [0, 0.05) is 31.2 Å². The van der Waals surface area contributed by atoms with E-state index in [1.165, 1.54) is 13.8 Å². The van der Waals surface area contributed by atoms with Crippen LogP contribution in [0.5, 0.6) is 0 Å². The van der Waals surface area contributed by atoms with Gasteiger partial charge in [0.2, 0.25) is 5.91 Å². The van der Waals surface area contributed by atoms with Crippen LogP contribution in [-0.2, 0) is 24.4 Å². The molecule has 0 heterocycles. The Balaban J connectivity index is 0. The molecular weight excluding hydrogens is 401 g/mol. The van der Waals surface area contributed by atoms with E-state index in [9.17, 15) is 22.6 Å². The number of carbonyl (C=O) groups excluding carboxylic acids is 2. The van der Waals surface area contributed by atoms with E-state index in [1.807, 2.05) is 0 Å². The summed E-state index contributed by atoms with van der Waals surface area (Å²) in [7, 11) is -2.75. The summed E-state index contributed by atoms with van der Waals surface area (Å²) in [5.74, 6) is 0.859. The normalized spacial score (nSPS) is 12.9. The number of amides is 1. The molecule has 1 atom stereocenters. The molecule has 1 N–H and O–H groups in total. The minimum atomic E-state index is -4.38. The van der Waals surface area contributed by atoms with Crippen molar-refractivity contribution in [2.24, 2.45) is 0 Å². The van der Waals surface area contributed by atoms with Crippen LogP contribution in [0.15, 0.2) is 0 Å². The Labute approximate surface area is 190 Å². The summed E-state index contributed by atoms with van der Waals surface area (Å²) in [6, 6.07) is 0. The van der Waals surface area contributed by atoms with Crippen LogP contribution in [0.25, 0.3) is 0 Å². The molecule has 0 aromatic heterocycles. The quantitative estimate of drug-likeness (QED) is 0.202. The van der Waals surface area contributed by atoms with Gasteiger partial charge in [-0.3, -0.25) is 9.59 Å². The number of carbonyl (C=O) groups is 2. The Morgan fingerprint density at radius 1 is 1.19 bits per heavy atom. The monoisotopic (exact) mass is 433 g/mol. The summed E-state index contributed by atoms with van der Waals surface area (Å²) >= 11 is 1.67. The molecule has 10 heteroatoms. The molecule has 1 unspecified atom stereocenters. The largest absolute Gasteiger partial charge is 1.00 e. The first-order chi connectivity index (χ1) is 11.9. The van der Waals surface area contributed by atoms with Crippen molar-refractivity contribution in [3.63, 3.8) is 0 Å². The number of methoxy groups -OCH3 is 1. The van der Waals surface area contributed by atoms with Gasteiger partial charge in [0.1, 0.15) is 5.78 Å². The second kappa shape index (κ2) is 15.2. The zero-order chi connectivity index (χ0) is 20.2. The molecule has 0 aliphatic carbocycles. The number of rotatable bonds is 15. The van der Waals surface area contributed by atoms with Crippen LogP contribution in [0.3, 0.4) is 0 Å². The van der Waals surface area contributed by atoms with Crippen LogP contribution in [0.2, 0.25) is 0 Å². The van der Waals surface area contributed by atoms with Gasteiger partial charge in [0.05, 0.1) is 22.0 Å². The first kappa shape index (κ1) is 29.6. The number of thioether (sulfide) groups is 1. The molecular formula is C17H32NNaO6S2. The van der Waals surface area contributed by atoms with Gasteiger partial charge in [0.25, 0.3) is 0 Å². The number of ether oxygens (including phenoxy) is 1. The van der Waals surface area contributed by atoms with Crippen LogP contribution >= 0.6 is 11.8 Å².